The highest BCUT2D eigenvalue weighted by atomic mass is 32.2. The molecule has 1 saturated heterocycles. The summed E-state index contributed by atoms with van der Waals surface area (Å²) in [6.07, 6.45) is 3.67. The van der Waals surface area contributed by atoms with Crippen LogP contribution in [-0.2, 0) is 30.4 Å². The van der Waals surface area contributed by atoms with Crippen molar-refractivity contribution in [3.63, 3.8) is 0 Å². The molecule has 0 bridgehead atoms. The lowest BCUT2D eigenvalue weighted by Gasteiger charge is -2.06. The van der Waals surface area contributed by atoms with E-state index in [2.05, 4.69) is 5.32 Å². The van der Waals surface area contributed by atoms with Gasteiger partial charge in [0.2, 0.25) is 0 Å². The number of nitrogens with two attached hydrogens (primary N) is 4. The van der Waals surface area contributed by atoms with Crippen molar-refractivity contribution in [1.29, 1.82) is 0 Å². The normalized spacial score (nSPS) is 16.5. The van der Waals surface area contributed by atoms with Crippen molar-refractivity contribution < 1.29 is 59.7 Å². The minimum absolute atomic E-state index is 0.269. The number of hydrogen-bond acceptors (Lipinski definition) is 13. The van der Waals surface area contributed by atoms with Gasteiger partial charge in [0.05, 0.1) is 12.7 Å². The molecule has 1 aliphatic heterocycles. The summed E-state index contributed by atoms with van der Waals surface area (Å²) in [5.74, 6) is -4.14. The third-order valence-electron chi connectivity index (χ3n) is 5.24. The Bertz CT molecular complexity index is 941. The molecule has 0 amide bonds. The van der Waals surface area contributed by atoms with E-state index in [4.69, 9.17) is 58.7 Å². The first-order valence-electron chi connectivity index (χ1n) is 13.1. The zero-order chi connectivity index (χ0) is 34.8. The summed E-state index contributed by atoms with van der Waals surface area (Å²) in [6, 6.07) is 5.31. The number of aliphatic hydroxyl groups is 2. The van der Waals surface area contributed by atoms with E-state index in [1.165, 1.54) is 6.92 Å². The van der Waals surface area contributed by atoms with Crippen molar-refractivity contribution in [2.75, 3.05) is 25.2 Å². The van der Waals surface area contributed by atoms with Gasteiger partial charge in [-0.1, -0.05) is 30.3 Å². The first kappa shape index (κ1) is 45.1. The lowest BCUT2D eigenvalue weighted by atomic mass is 10.1. The van der Waals surface area contributed by atoms with E-state index in [-0.39, 0.29) is 6.04 Å². The molecule has 0 radical (unpaired) electrons. The lowest BCUT2D eigenvalue weighted by molar-refractivity contribution is -0.141. The molecule has 1 aliphatic rings. The van der Waals surface area contributed by atoms with Gasteiger partial charge in [-0.15, -0.1) is 0 Å². The van der Waals surface area contributed by atoms with Gasteiger partial charge in [-0.25, -0.2) is 0 Å². The van der Waals surface area contributed by atoms with Crippen LogP contribution in [-0.4, -0.2) is 127 Å². The Morgan fingerprint density at radius 1 is 0.864 bits per heavy atom. The molecule has 1 fully saturated rings. The van der Waals surface area contributed by atoms with E-state index in [9.17, 15) is 24.0 Å². The van der Waals surface area contributed by atoms with E-state index >= 15 is 0 Å². The predicted octanol–water partition coefficient (Wildman–Crippen LogP) is -2.21. The molecule has 17 nitrogen and oxygen atoms in total. The van der Waals surface area contributed by atoms with Crippen LogP contribution in [0.5, 0.6) is 0 Å². The average Bonchev–Trinajstić information content (AvgIpc) is 3.52. The largest absolute Gasteiger partial charge is 0.480 e. The number of aliphatic carboxylic acids is 5. The van der Waals surface area contributed by atoms with Crippen LogP contribution in [0.25, 0.3) is 0 Å². The highest BCUT2D eigenvalue weighted by Crippen LogP contribution is 2.03. The van der Waals surface area contributed by atoms with Crippen molar-refractivity contribution in [3.8, 4) is 0 Å². The second-order valence-electron chi connectivity index (χ2n) is 9.08. The molecular weight excluding hydrogens is 606 g/mol. The van der Waals surface area contributed by atoms with Gasteiger partial charge in [-0.2, -0.15) is 11.8 Å². The van der Waals surface area contributed by atoms with E-state index < -0.39 is 66.7 Å². The van der Waals surface area contributed by atoms with Crippen LogP contribution in [0, 0.1) is 0 Å². The number of aliphatic hydroxyl groups excluding tert-OH is 2. The third-order valence-corrected chi connectivity index (χ3v) is 5.89. The van der Waals surface area contributed by atoms with Crippen LogP contribution in [0.15, 0.2) is 30.3 Å². The first-order chi connectivity index (χ1) is 20.4. The fourth-order valence-electron chi connectivity index (χ4n) is 2.50. The van der Waals surface area contributed by atoms with Crippen molar-refractivity contribution in [2.45, 2.75) is 68.9 Å². The molecule has 0 saturated carbocycles. The van der Waals surface area contributed by atoms with Gasteiger partial charge in [-0.05, 0) is 56.7 Å². The van der Waals surface area contributed by atoms with Gasteiger partial charge in [0.15, 0.2) is 0 Å². The number of thioether (sulfide) groups is 1. The molecule has 6 atom stereocenters. The molecule has 0 aromatic heterocycles. The Kier molecular flexibility index (Phi) is 27.9. The van der Waals surface area contributed by atoms with E-state index in [0.29, 0.717) is 12.8 Å². The van der Waals surface area contributed by atoms with Gasteiger partial charge in [0, 0.05) is 0 Å². The van der Waals surface area contributed by atoms with Crippen LogP contribution in [0.3, 0.4) is 0 Å². The molecule has 0 spiro atoms. The Hall–Kier alpha value is -3.36. The Balaban J connectivity index is -0.000000485. The highest BCUT2D eigenvalue weighted by Gasteiger charge is 2.20. The fourth-order valence-corrected chi connectivity index (χ4v) is 2.99. The number of hydrogen-bond donors (Lipinski definition) is 12. The molecule has 44 heavy (non-hydrogen) atoms. The molecule has 18 heteroatoms. The summed E-state index contributed by atoms with van der Waals surface area (Å²) in [5.41, 5.74) is 21.2. The summed E-state index contributed by atoms with van der Waals surface area (Å²) >= 11 is 1.60. The van der Waals surface area contributed by atoms with Gasteiger partial charge in [-0.3, -0.25) is 24.0 Å². The molecule has 2 rings (SSSR count). The maximum atomic E-state index is 10.4. The Morgan fingerprint density at radius 2 is 1.36 bits per heavy atom. The van der Waals surface area contributed by atoms with E-state index in [1.807, 2.05) is 36.6 Å². The minimum atomic E-state index is -1.18. The third kappa shape index (κ3) is 26.3. The number of carboxylic acid groups (broad SMARTS) is 5. The van der Waals surface area contributed by atoms with Crippen molar-refractivity contribution in [2.24, 2.45) is 22.9 Å². The van der Waals surface area contributed by atoms with Crippen molar-refractivity contribution in [1.82, 2.24) is 5.32 Å². The van der Waals surface area contributed by atoms with Gasteiger partial charge < -0.3 is 64.0 Å². The number of carboxylic acids is 5. The summed E-state index contributed by atoms with van der Waals surface area (Å²) in [6.45, 7) is 1.69. The molecule has 0 unspecified atom stereocenters. The SMILES string of the molecule is CSCC[C@H](N)C(=O)O.C[C@@H](O)[C@H](N)C(=O)O.N[C@@H](CO)C(=O)O.N[C@@H](Cc1ccccc1)C(=O)O.O=C(O)[C@@H]1CCCN1. The average molecular weight is 654 g/mol. The zero-order valence-corrected chi connectivity index (χ0v) is 25.5. The zero-order valence-electron chi connectivity index (χ0n) is 24.7. The molecule has 16 N–H and O–H groups in total. The predicted molar refractivity (Wildman–Crippen MR) is 163 cm³/mol. The maximum absolute atomic E-state index is 10.4. The summed E-state index contributed by atoms with van der Waals surface area (Å²) in [5, 5.41) is 60.4. The lowest BCUT2D eigenvalue weighted by Crippen LogP contribution is -2.39. The van der Waals surface area contributed by atoms with Crippen molar-refractivity contribution in [3.05, 3.63) is 35.9 Å². The maximum Gasteiger partial charge on any atom is 0.323 e. The van der Waals surface area contributed by atoms with Gasteiger partial charge in [0.1, 0.15) is 30.2 Å². The van der Waals surface area contributed by atoms with E-state index in [0.717, 1.165) is 30.7 Å². The number of carbonyl (C=O) groups is 5. The smallest absolute Gasteiger partial charge is 0.323 e. The topological polar surface area (TPSA) is 343 Å². The molecular formula is C26H47N5O12S. The highest BCUT2D eigenvalue weighted by molar-refractivity contribution is 7.98. The summed E-state index contributed by atoms with van der Waals surface area (Å²) in [7, 11) is 0. The molecule has 1 aromatic rings. The standard InChI is InChI=1S/C9H11NO2.C5H11NO2S.C5H9NO2.C4H9NO3.C3H7NO3/c10-8(9(11)12)6-7-4-2-1-3-5-7;1-9-3-2-4(6)5(7)8;7-5(8)4-2-1-3-6-4;1-2(6)3(5)4(7)8;4-2(1-5)3(6)7/h1-5,8H,6,10H2,(H,11,12);4H,2-3,6H2,1H3,(H,7,8);4,6H,1-3H2,(H,7,8);2-3,6H,5H2,1H3,(H,7,8);2,5H,1,4H2,(H,6,7)/t8-;2*4-;2-,3+;2-/m00010/s1. The van der Waals surface area contributed by atoms with Crippen LogP contribution in [0.2, 0.25) is 0 Å². The Morgan fingerprint density at radius 3 is 1.61 bits per heavy atom. The van der Waals surface area contributed by atoms with Crippen LogP contribution in [0.1, 0.15) is 31.7 Å². The molecule has 1 heterocycles. The van der Waals surface area contributed by atoms with Gasteiger partial charge in [0.25, 0.3) is 0 Å². The summed E-state index contributed by atoms with van der Waals surface area (Å²) in [4.78, 5) is 50.1. The van der Waals surface area contributed by atoms with Crippen LogP contribution >= 0.6 is 11.8 Å². The molecule has 0 aliphatic carbocycles. The minimum Gasteiger partial charge on any atom is -0.480 e. The quantitative estimate of drug-likeness (QED) is 0.114. The summed E-state index contributed by atoms with van der Waals surface area (Å²) < 4.78 is 0. The molecule has 1 aromatic carbocycles. The van der Waals surface area contributed by atoms with Crippen LogP contribution in [0.4, 0.5) is 0 Å². The van der Waals surface area contributed by atoms with Gasteiger partial charge >= 0.3 is 29.8 Å². The first-order valence-corrected chi connectivity index (χ1v) is 14.5. The monoisotopic (exact) mass is 653 g/mol. The second kappa shape index (κ2) is 27.2. The number of benzene rings is 1. The van der Waals surface area contributed by atoms with Crippen molar-refractivity contribution >= 4 is 41.6 Å². The van der Waals surface area contributed by atoms with Crippen LogP contribution < -0.4 is 28.3 Å². The van der Waals surface area contributed by atoms with E-state index in [1.54, 1.807) is 11.8 Å². The Labute approximate surface area is 259 Å². The number of rotatable bonds is 12. The number of nitrogens with one attached hydrogen (secondary N) is 1. The molecule has 254 valence electrons. The fraction of sp³-hybridized carbons (Fsp3) is 0.577. The second-order valence-corrected chi connectivity index (χ2v) is 10.1.